The number of halogens is 1. The van der Waals surface area contributed by atoms with Gasteiger partial charge in [0, 0.05) is 20.5 Å². The van der Waals surface area contributed by atoms with E-state index in [1.165, 1.54) is 6.92 Å². The lowest BCUT2D eigenvalue weighted by atomic mass is 10.3. The molecule has 0 atom stereocenters. The number of ketones is 1. The quantitative estimate of drug-likeness (QED) is 0.810. The number of aromatic carboxylic acids is 1. The van der Waals surface area contributed by atoms with E-state index in [0.29, 0.717) is 11.7 Å². The van der Waals surface area contributed by atoms with Gasteiger partial charge in [-0.2, -0.15) is 0 Å². The van der Waals surface area contributed by atoms with Gasteiger partial charge in [0.25, 0.3) is 0 Å². The van der Waals surface area contributed by atoms with Gasteiger partial charge >= 0.3 is 5.97 Å². The highest BCUT2D eigenvalue weighted by Crippen LogP contribution is 2.28. The number of Topliss-reactive ketones (excluding diaryl/α,β-unsaturated/α-hetero) is 1. The van der Waals surface area contributed by atoms with Crippen LogP contribution in [0.1, 0.15) is 32.6 Å². The average molecular weight is 375 g/mol. The van der Waals surface area contributed by atoms with Gasteiger partial charge in [0.2, 0.25) is 0 Å². The molecule has 20 heavy (non-hydrogen) atoms. The number of rotatable bonds is 5. The van der Waals surface area contributed by atoms with E-state index in [2.05, 4.69) is 20.9 Å². The Balaban J connectivity index is 2.26. The second kappa shape index (κ2) is 6.02. The SMILES string of the molecule is CC(=O)c1sc(N(C)Cc2csc(Br)c2)nc1C(=O)O. The van der Waals surface area contributed by atoms with Gasteiger partial charge in [-0.05, 0) is 32.9 Å². The maximum atomic E-state index is 11.5. The molecule has 0 amide bonds. The molecule has 0 radical (unpaired) electrons. The molecule has 0 fully saturated rings. The number of anilines is 1. The van der Waals surface area contributed by atoms with Crippen LogP contribution in [0.15, 0.2) is 15.2 Å². The summed E-state index contributed by atoms with van der Waals surface area (Å²) in [5, 5.41) is 11.6. The first-order valence-electron chi connectivity index (χ1n) is 5.57. The second-order valence-corrected chi connectivity index (χ2v) is 7.42. The number of carbonyl (C=O) groups excluding carboxylic acids is 1. The molecule has 2 aromatic rings. The minimum absolute atomic E-state index is 0.171. The van der Waals surface area contributed by atoms with Crippen molar-refractivity contribution in [1.29, 1.82) is 0 Å². The van der Waals surface area contributed by atoms with Crippen LogP contribution >= 0.6 is 38.6 Å². The average Bonchev–Trinajstić information content (AvgIpc) is 2.95. The van der Waals surface area contributed by atoms with E-state index >= 15 is 0 Å². The largest absolute Gasteiger partial charge is 0.476 e. The number of carbonyl (C=O) groups is 2. The zero-order valence-electron chi connectivity index (χ0n) is 10.7. The number of hydrogen-bond donors (Lipinski definition) is 1. The fourth-order valence-corrected chi connectivity index (χ4v) is 3.74. The third kappa shape index (κ3) is 3.25. The summed E-state index contributed by atoms with van der Waals surface area (Å²) in [5.74, 6) is -1.46. The van der Waals surface area contributed by atoms with E-state index in [1.54, 1.807) is 11.3 Å². The van der Waals surface area contributed by atoms with Gasteiger partial charge in [-0.3, -0.25) is 4.79 Å². The van der Waals surface area contributed by atoms with Crippen LogP contribution in [0, 0.1) is 0 Å². The molecule has 106 valence electrons. The lowest BCUT2D eigenvalue weighted by molar-refractivity contribution is 0.0687. The molecule has 0 aliphatic heterocycles. The molecule has 2 heterocycles. The molecule has 0 aliphatic rings. The van der Waals surface area contributed by atoms with Gasteiger partial charge in [-0.1, -0.05) is 11.3 Å². The summed E-state index contributed by atoms with van der Waals surface area (Å²) >= 11 is 6.09. The predicted octanol–water partition coefficient (Wildman–Crippen LogP) is 3.50. The number of nitrogens with zero attached hydrogens (tertiary/aromatic N) is 2. The Morgan fingerprint density at radius 1 is 1.50 bits per heavy atom. The van der Waals surface area contributed by atoms with Crippen LogP contribution < -0.4 is 4.90 Å². The minimum Gasteiger partial charge on any atom is -0.476 e. The monoisotopic (exact) mass is 374 g/mol. The molecule has 0 saturated heterocycles. The third-order valence-corrected chi connectivity index (χ3v) is 5.33. The van der Waals surface area contributed by atoms with Crippen molar-refractivity contribution in [3.8, 4) is 0 Å². The Bertz CT molecular complexity index is 634. The lowest BCUT2D eigenvalue weighted by Crippen LogP contribution is -2.15. The van der Waals surface area contributed by atoms with Crippen molar-refractivity contribution < 1.29 is 14.7 Å². The van der Waals surface area contributed by atoms with E-state index in [0.717, 1.165) is 20.7 Å². The standard InChI is InChI=1S/C12H11BrN2O3S2/c1-6(16)10-9(11(17)18)14-12(20-10)15(2)4-7-3-8(13)19-5-7/h3,5H,4H2,1-2H3,(H,17,18). The normalized spacial score (nSPS) is 10.6. The summed E-state index contributed by atoms with van der Waals surface area (Å²) in [5.41, 5.74) is 0.927. The van der Waals surface area contributed by atoms with E-state index in [4.69, 9.17) is 5.11 Å². The number of aromatic nitrogens is 1. The summed E-state index contributed by atoms with van der Waals surface area (Å²) in [6, 6.07) is 2.00. The fraction of sp³-hybridized carbons (Fsp3) is 0.250. The van der Waals surface area contributed by atoms with Crippen molar-refractivity contribution in [2.45, 2.75) is 13.5 Å². The molecular formula is C12H11BrN2O3S2. The molecule has 1 N–H and O–H groups in total. The van der Waals surface area contributed by atoms with Gasteiger partial charge in [0.05, 0.1) is 3.79 Å². The third-order valence-electron chi connectivity index (χ3n) is 2.51. The topological polar surface area (TPSA) is 70.5 Å². The molecule has 5 nitrogen and oxygen atoms in total. The molecule has 0 saturated carbocycles. The summed E-state index contributed by atoms with van der Waals surface area (Å²) in [6.07, 6.45) is 0. The van der Waals surface area contributed by atoms with Crippen molar-refractivity contribution in [2.24, 2.45) is 0 Å². The smallest absolute Gasteiger partial charge is 0.356 e. The van der Waals surface area contributed by atoms with Crippen LogP contribution in [0.25, 0.3) is 0 Å². The van der Waals surface area contributed by atoms with Crippen molar-refractivity contribution in [2.75, 3.05) is 11.9 Å². The summed E-state index contributed by atoms with van der Waals surface area (Å²) in [6.45, 7) is 1.95. The predicted molar refractivity (Wildman–Crippen MR) is 83.2 cm³/mol. The Hall–Kier alpha value is -1.25. The highest BCUT2D eigenvalue weighted by Gasteiger charge is 2.22. The number of thiophene rings is 1. The van der Waals surface area contributed by atoms with Crippen LogP contribution in [0.4, 0.5) is 5.13 Å². The summed E-state index contributed by atoms with van der Waals surface area (Å²) < 4.78 is 1.04. The van der Waals surface area contributed by atoms with Gasteiger partial charge in [-0.15, -0.1) is 11.3 Å². The van der Waals surface area contributed by atoms with Gasteiger partial charge in [0.15, 0.2) is 16.6 Å². The van der Waals surface area contributed by atoms with E-state index in [-0.39, 0.29) is 16.4 Å². The van der Waals surface area contributed by atoms with Crippen LogP contribution in [-0.2, 0) is 6.54 Å². The van der Waals surface area contributed by atoms with Crippen LogP contribution in [0.3, 0.4) is 0 Å². The van der Waals surface area contributed by atoms with Crippen molar-refractivity contribution >= 4 is 55.5 Å². The number of hydrogen-bond acceptors (Lipinski definition) is 6. The lowest BCUT2D eigenvalue weighted by Gasteiger charge is -2.14. The molecule has 2 aromatic heterocycles. The van der Waals surface area contributed by atoms with Crippen molar-refractivity contribution in [3.63, 3.8) is 0 Å². The highest BCUT2D eigenvalue weighted by molar-refractivity contribution is 9.11. The van der Waals surface area contributed by atoms with Crippen LogP contribution in [0.5, 0.6) is 0 Å². The molecule has 0 spiro atoms. The molecule has 0 unspecified atom stereocenters. The first-order valence-corrected chi connectivity index (χ1v) is 8.06. The number of thiazole rings is 1. The maximum absolute atomic E-state index is 11.5. The maximum Gasteiger partial charge on any atom is 0.356 e. The van der Waals surface area contributed by atoms with Crippen LogP contribution in [0.2, 0.25) is 0 Å². The molecule has 8 heteroatoms. The highest BCUT2D eigenvalue weighted by atomic mass is 79.9. The zero-order chi connectivity index (χ0) is 14.9. The minimum atomic E-state index is -1.18. The first-order chi connectivity index (χ1) is 9.38. The van der Waals surface area contributed by atoms with E-state index in [1.807, 2.05) is 23.4 Å². The molecule has 0 bridgehead atoms. The molecular weight excluding hydrogens is 364 g/mol. The molecule has 0 aromatic carbocycles. The molecule has 0 aliphatic carbocycles. The second-order valence-electron chi connectivity index (χ2n) is 4.15. The van der Waals surface area contributed by atoms with Crippen molar-refractivity contribution in [3.05, 3.63) is 31.4 Å². The number of carboxylic acids is 1. The Labute approximate surface area is 132 Å². The molecule has 2 rings (SSSR count). The fourth-order valence-electron chi connectivity index (χ4n) is 1.63. The van der Waals surface area contributed by atoms with E-state index in [9.17, 15) is 9.59 Å². The van der Waals surface area contributed by atoms with Crippen LogP contribution in [-0.4, -0.2) is 28.9 Å². The summed E-state index contributed by atoms with van der Waals surface area (Å²) in [7, 11) is 1.82. The van der Waals surface area contributed by atoms with Gasteiger partial charge in [-0.25, -0.2) is 9.78 Å². The van der Waals surface area contributed by atoms with Gasteiger partial charge < -0.3 is 10.0 Å². The zero-order valence-corrected chi connectivity index (χ0v) is 13.9. The van der Waals surface area contributed by atoms with Gasteiger partial charge in [0.1, 0.15) is 4.88 Å². The number of carboxylic acid groups (broad SMARTS) is 1. The van der Waals surface area contributed by atoms with Crippen molar-refractivity contribution in [1.82, 2.24) is 4.98 Å². The Kier molecular flexibility index (Phi) is 4.56. The first kappa shape index (κ1) is 15.1. The Morgan fingerprint density at radius 2 is 2.20 bits per heavy atom. The van der Waals surface area contributed by atoms with E-state index < -0.39 is 5.97 Å². The Morgan fingerprint density at radius 3 is 2.65 bits per heavy atom. The summed E-state index contributed by atoms with van der Waals surface area (Å²) in [4.78, 5) is 28.6.